The predicted octanol–water partition coefficient (Wildman–Crippen LogP) is 0.514. The number of aromatic nitrogens is 4. The second-order valence-corrected chi connectivity index (χ2v) is 3.09. The average Bonchev–Trinajstić information content (AvgIpc) is 2.63. The Kier molecular flexibility index (Phi) is 2.77. The zero-order valence-corrected chi connectivity index (χ0v) is 8.53. The quantitative estimate of drug-likeness (QED) is 0.713. The molecule has 80 valence electrons. The molecule has 2 aromatic rings. The minimum atomic E-state index is 0.426. The normalized spacial score (nSPS) is 11.0. The summed E-state index contributed by atoms with van der Waals surface area (Å²) < 4.78 is 5.24. The molecule has 0 amide bonds. The van der Waals surface area contributed by atoms with Crippen LogP contribution in [0.1, 0.15) is 12.7 Å². The number of nitrogens with two attached hydrogens (primary N) is 1. The number of rotatable bonds is 4. The predicted molar refractivity (Wildman–Crippen MR) is 56.3 cm³/mol. The lowest BCUT2D eigenvalue weighted by molar-refractivity contribution is 0.149. The second-order valence-electron chi connectivity index (χ2n) is 3.09. The van der Waals surface area contributed by atoms with Crippen LogP contribution in [0.4, 0.5) is 5.82 Å². The monoisotopic (exact) mass is 207 g/mol. The number of aromatic amines is 1. The Labute approximate surface area is 86.9 Å². The summed E-state index contributed by atoms with van der Waals surface area (Å²) in [6.45, 7) is 3.31. The average molecular weight is 207 g/mol. The lowest BCUT2D eigenvalue weighted by Gasteiger charge is -1.96. The van der Waals surface area contributed by atoms with Gasteiger partial charge in [0, 0.05) is 13.0 Å². The SMILES string of the molecule is CCOCCc1nc2ncnc(N)c2[nH]1. The van der Waals surface area contributed by atoms with E-state index in [4.69, 9.17) is 10.5 Å². The van der Waals surface area contributed by atoms with E-state index in [9.17, 15) is 0 Å². The first kappa shape index (κ1) is 9.85. The standard InChI is InChI=1S/C9H13N5O/c1-2-15-4-3-6-13-7-8(10)11-5-12-9(7)14-6/h5H,2-4H2,1H3,(H3,10,11,12,13,14). The van der Waals surface area contributed by atoms with Gasteiger partial charge in [-0.2, -0.15) is 0 Å². The van der Waals surface area contributed by atoms with Crippen molar-refractivity contribution in [1.82, 2.24) is 19.9 Å². The number of fused-ring (bicyclic) bond motifs is 1. The van der Waals surface area contributed by atoms with Crippen LogP contribution < -0.4 is 5.73 Å². The maximum absolute atomic E-state index is 5.67. The van der Waals surface area contributed by atoms with Crippen molar-refractivity contribution >= 4 is 17.0 Å². The molecule has 0 spiro atoms. The molecule has 0 unspecified atom stereocenters. The molecule has 2 heterocycles. The number of nitrogen functional groups attached to an aromatic ring is 1. The minimum absolute atomic E-state index is 0.426. The van der Waals surface area contributed by atoms with Gasteiger partial charge in [-0.05, 0) is 6.92 Å². The van der Waals surface area contributed by atoms with E-state index in [0.29, 0.717) is 30.2 Å². The van der Waals surface area contributed by atoms with E-state index < -0.39 is 0 Å². The molecule has 0 bridgehead atoms. The van der Waals surface area contributed by atoms with Crippen LogP contribution in [0, 0.1) is 0 Å². The molecule has 2 aromatic heterocycles. The van der Waals surface area contributed by atoms with Crippen molar-refractivity contribution in [3.8, 4) is 0 Å². The van der Waals surface area contributed by atoms with Crippen LogP contribution in [-0.2, 0) is 11.2 Å². The van der Waals surface area contributed by atoms with E-state index in [2.05, 4.69) is 19.9 Å². The first-order valence-electron chi connectivity index (χ1n) is 4.84. The third kappa shape index (κ3) is 2.04. The molecule has 0 radical (unpaired) electrons. The van der Waals surface area contributed by atoms with Gasteiger partial charge in [-0.25, -0.2) is 15.0 Å². The fourth-order valence-electron chi connectivity index (χ4n) is 1.33. The van der Waals surface area contributed by atoms with Gasteiger partial charge in [-0.1, -0.05) is 0 Å². The number of hydrogen-bond acceptors (Lipinski definition) is 5. The van der Waals surface area contributed by atoms with Crippen molar-refractivity contribution in [1.29, 1.82) is 0 Å². The lowest BCUT2D eigenvalue weighted by Crippen LogP contribution is -1.99. The second kappa shape index (κ2) is 4.22. The largest absolute Gasteiger partial charge is 0.382 e. The number of nitrogens with one attached hydrogen (secondary N) is 1. The Hall–Kier alpha value is -1.69. The van der Waals surface area contributed by atoms with Crippen molar-refractivity contribution in [3.05, 3.63) is 12.2 Å². The summed E-state index contributed by atoms with van der Waals surface area (Å²) in [6.07, 6.45) is 2.13. The molecule has 0 fully saturated rings. The zero-order chi connectivity index (χ0) is 10.7. The van der Waals surface area contributed by atoms with Crippen LogP contribution in [-0.4, -0.2) is 33.1 Å². The molecule has 6 heteroatoms. The highest BCUT2D eigenvalue weighted by Crippen LogP contribution is 2.13. The fourth-order valence-corrected chi connectivity index (χ4v) is 1.33. The number of anilines is 1. The highest BCUT2D eigenvalue weighted by atomic mass is 16.5. The molecular formula is C9H13N5O. The van der Waals surface area contributed by atoms with Crippen LogP contribution in [0.5, 0.6) is 0 Å². The summed E-state index contributed by atoms with van der Waals surface area (Å²) in [5.41, 5.74) is 6.97. The molecule has 3 N–H and O–H groups in total. The lowest BCUT2D eigenvalue weighted by atomic mass is 10.4. The van der Waals surface area contributed by atoms with E-state index in [1.165, 1.54) is 6.33 Å². The molecule has 6 nitrogen and oxygen atoms in total. The fraction of sp³-hybridized carbons (Fsp3) is 0.444. The Bertz CT molecular complexity index is 453. The molecule has 15 heavy (non-hydrogen) atoms. The maximum Gasteiger partial charge on any atom is 0.183 e. The first-order chi connectivity index (χ1) is 7.31. The summed E-state index contributed by atoms with van der Waals surface area (Å²) in [5, 5.41) is 0. The first-order valence-corrected chi connectivity index (χ1v) is 4.84. The number of imidazole rings is 1. The number of H-pyrrole nitrogens is 1. The van der Waals surface area contributed by atoms with Crippen molar-refractivity contribution in [2.45, 2.75) is 13.3 Å². The Morgan fingerprint density at radius 3 is 3.07 bits per heavy atom. The Balaban J connectivity index is 2.20. The smallest absolute Gasteiger partial charge is 0.183 e. The summed E-state index contributed by atoms with van der Waals surface area (Å²) in [5.74, 6) is 1.25. The van der Waals surface area contributed by atoms with Gasteiger partial charge in [0.1, 0.15) is 17.7 Å². The van der Waals surface area contributed by atoms with Crippen molar-refractivity contribution < 1.29 is 4.74 Å². The van der Waals surface area contributed by atoms with E-state index in [0.717, 1.165) is 12.2 Å². The maximum atomic E-state index is 5.67. The van der Waals surface area contributed by atoms with Crippen LogP contribution >= 0.6 is 0 Å². The minimum Gasteiger partial charge on any atom is -0.382 e. The van der Waals surface area contributed by atoms with E-state index in [1.54, 1.807) is 0 Å². The molecule has 2 rings (SSSR count). The molecule has 0 saturated carbocycles. The number of ether oxygens (including phenoxy) is 1. The summed E-state index contributed by atoms with van der Waals surface area (Å²) in [4.78, 5) is 15.3. The van der Waals surface area contributed by atoms with Crippen molar-refractivity contribution in [3.63, 3.8) is 0 Å². The van der Waals surface area contributed by atoms with Gasteiger partial charge in [-0.3, -0.25) is 0 Å². The molecule has 0 atom stereocenters. The third-order valence-corrected chi connectivity index (χ3v) is 2.05. The van der Waals surface area contributed by atoms with Gasteiger partial charge < -0.3 is 15.5 Å². The van der Waals surface area contributed by atoms with Gasteiger partial charge in [0.2, 0.25) is 0 Å². The molecular weight excluding hydrogens is 194 g/mol. The highest BCUT2D eigenvalue weighted by Gasteiger charge is 2.06. The van der Waals surface area contributed by atoms with Crippen LogP contribution in [0.2, 0.25) is 0 Å². The molecule has 0 aliphatic rings. The highest BCUT2D eigenvalue weighted by molar-refractivity contribution is 5.80. The van der Waals surface area contributed by atoms with Gasteiger partial charge in [0.25, 0.3) is 0 Å². The molecule has 0 saturated heterocycles. The van der Waals surface area contributed by atoms with Crippen LogP contribution in [0.3, 0.4) is 0 Å². The summed E-state index contributed by atoms with van der Waals surface area (Å²) >= 11 is 0. The Morgan fingerprint density at radius 2 is 2.33 bits per heavy atom. The van der Waals surface area contributed by atoms with Gasteiger partial charge in [0.15, 0.2) is 11.5 Å². The summed E-state index contributed by atoms with van der Waals surface area (Å²) in [7, 11) is 0. The van der Waals surface area contributed by atoms with E-state index >= 15 is 0 Å². The van der Waals surface area contributed by atoms with Gasteiger partial charge in [0.05, 0.1) is 6.61 Å². The molecule has 0 aromatic carbocycles. The van der Waals surface area contributed by atoms with E-state index in [1.807, 2.05) is 6.92 Å². The Morgan fingerprint density at radius 1 is 1.47 bits per heavy atom. The zero-order valence-electron chi connectivity index (χ0n) is 8.53. The van der Waals surface area contributed by atoms with Crippen LogP contribution in [0.25, 0.3) is 11.2 Å². The topological polar surface area (TPSA) is 89.7 Å². The number of hydrogen-bond donors (Lipinski definition) is 2. The van der Waals surface area contributed by atoms with Crippen molar-refractivity contribution in [2.75, 3.05) is 18.9 Å². The molecule has 0 aliphatic heterocycles. The molecule has 0 aliphatic carbocycles. The van der Waals surface area contributed by atoms with Crippen molar-refractivity contribution in [2.24, 2.45) is 0 Å². The van der Waals surface area contributed by atoms with Crippen LogP contribution in [0.15, 0.2) is 6.33 Å². The van der Waals surface area contributed by atoms with Gasteiger partial charge >= 0.3 is 0 Å². The third-order valence-electron chi connectivity index (χ3n) is 2.05. The number of nitrogens with zero attached hydrogens (tertiary/aromatic N) is 3. The van der Waals surface area contributed by atoms with Gasteiger partial charge in [-0.15, -0.1) is 0 Å². The van der Waals surface area contributed by atoms with E-state index in [-0.39, 0.29) is 0 Å². The summed E-state index contributed by atoms with van der Waals surface area (Å²) in [6, 6.07) is 0.